The van der Waals surface area contributed by atoms with Crippen LogP contribution in [0.2, 0.25) is 0 Å². The molecule has 0 amide bonds. The van der Waals surface area contributed by atoms with Gasteiger partial charge in [0.1, 0.15) is 0 Å². The number of methoxy groups -OCH3 is 1. The molecule has 0 spiro atoms. The molecule has 20 heavy (non-hydrogen) atoms. The number of halogens is 1. The van der Waals surface area contributed by atoms with E-state index in [1.165, 1.54) is 5.56 Å². The summed E-state index contributed by atoms with van der Waals surface area (Å²) >= 11 is 3.42. The van der Waals surface area contributed by atoms with Crippen molar-refractivity contribution in [1.29, 1.82) is 5.26 Å². The first-order chi connectivity index (χ1) is 9.72. The maximum absolute atomic E-state index is 9.01. The summed E-state index contributed by atoms with van der Waals surface area (Å²) in [6.07, 6.45) is 0.846. The van der Waals surface area contributed by atoms with Gasteiger partial charge in [-0.25, -0.2) is 0 Å². The van der Waals surface area contributed by atoms with E-state index in [0.717, 1.165) is 22.3 Å². The van der Waals surface area contributed by atoms with Crippen LogP contribution in [-0.2, 0) is 11.2 Å². The quantitative estimate of drug-likeness (QED) is 0.891. The summed E-state index contributed by atoms with van der Waals surface area (Å²) < 4.78 is 6.01. The standard InChI is InChI=1S/C16H15BrN2O/c1-20-7-6-13-4-2-3-5-16(13)19-15-9-12(11-18)8-14(17)10-15/h2-5,8-10,19H,6-7H2,1H3. The maximum Gasteiger partial charge on any atom is 0.0992 e. The van der Waals surface area contributed by atoms with E-state index in [1.807, 2.05) is 30.3 Å². The monoisotopic (exact) mass is 330 g/mol. The third-order valence-electron chi connectivity index (χ3n) is 2.90. The first-order valence-electron chi connectivity index (χ1n) is 6.27. The lowest BCUT2D eigenvalue weighted by Gasteiger charge is -2.12. The predicted octanol–water partition coefficient (Wildman–Crippen LogP) is 4.25. The fourth-order valence-corrected chi connectivity index (χ4v) is 2.45. The molecule has 0 aliphatic heterocycles. The number of anilines is 2. The van der Waals surface area contributed by atoms with Crippen LogP contribution in [0.25, 0.3) is 0 Å². The van der Waals surface area contributed by atoms with Crippen LogP contribution in [0.3, 0.4) is 0 Å². The van der Waals surface area contributed by atoms with E-state index >= 15 is 0 Å². The molecule has 0 aliphatic carbocycles. The molecule has 0 bridgehead atoms. The van der Waals surface area contributed by atoms with E-state index in [9.17, 15) is 0 Å². The normalized spacial score (nSPS) is 10.1. The fourth-order valence-electron chi connectivity index (χ4n) is 1.95. The van der Waals surface area contributed by atoms with Crippen molar-refractivity contribution in [3.63, 3.8) is 0 Å². The zero-order valence-corrected chi connectivity index (χ0v) is 12.8. The Kier molecular flexibility index (Phi) is 5.16. The fraction of sp³-hybridized carbons (Fsp3) is 0.188. The number of hydrogen-bond donors (Lipinski definition) is 1. The molecule has 3 nitrogen and oxygen atoms in total. The summed E-state index contributed by atoms with van der Waals surface area (Å²) in [5.74, 6) is 0. The molecule has 0 unspecified atom stereocenters. The first-order valence-corrected chi connectivity index (χ1v) is 7.07. The summed E-state index contributed by atoms with van der Waals surface area (Å²) in [7, 11) is 1.70. The Balaban J connectivity index is 2.26. The zero-order chi connectivity index (χ0) is 14.4. The van der Waals surface area contributed by atoms with Crippen molar-refractivity contribution in [2.75, 3.05) is 19.0 Å². The van der Waals surface area contributed by atoms with Crippen molar-refractivity contribution < 1.29 is 4.74 Å². The van der Waals surface area contributed by atoms with Gasteiger partial charge in [-0.05, 0) is 36.2 Å². The van der Waals surface area contributed by atoms with Gasteiger partial charge < -0.3 is 10.1 Å². The Hall–Kier alpha value is -1.83. The molecule has 0 radical (unpaired) electrons. The third kappa shape index (κ3) is 3.83. The number of nitriles is 1. The van der Waals surface area contributed by atoms with Crippen LogP contribution in [-0.4, -0.2) is 13.7 Å². The van der Waals surface area contributed by atoms with Gasteiger partial charge in [-0.1, -0.05) is 34.1 Å². The van der Waals surface area contributed by atoms with Crippen molar-refractivity contribution in [1.82, 2.24) is 0 Å². The van der Waals surface area contributed by atoms with Gasteiger partial charge in [0.2, 0.25) is 0 Å². The van der Waals surface area contributed by atoms with Crippen LogP contribution in [0.5, 0.6) is 0 Å². The van der Waals surface area contributed by atoms with Gasteiger partial charge in [0, 0.05) is 23.0 Å². The SMILES string of the molecule is COCCc1ccccc1Nc1cc(Br)cc(C#N)c1. The molecule has 0 saturated heterocycles. The number of hydrogen-bond acceptors (Lipinski definition) is 3. The van der Waals surface area contributed by atoms with Gasteiger partial charge in [-0.3, -0.25) is 0 Å². The Labute approximate surface area is 127 Å². The van der Waals surface area contributed by atoms with Crippen LogP contribution in [0.4, 0.5) is 11.4 Å². The number of ether oxygens (including phenoxy) is 1. The summed E-state index contributed by atoms with van der Waals surface area (Å²) in [4.78, 5) is 0. The highest BCUT2D eigenvalue weighted by atomic mass is 79.9. The van der Waals surface area contributed by atoms with E-state index in [2.05, 4.69) is 33.4 Å². The van der Waals surface area contributed by atoms with Gasteiger partial charge in [0.25, 0.3) is 0 Å². The van der Waals surface area contributed by atoms with Crippen LogP contribution in [0.15, 0.2) is 46.9 Å². The highest BCUT2D eigenvalue weighted by molar-refractivity contribution is 9.10. The molecule has 0 heterocycles. The lowest BCUT2D eigenvalue weighted by Crippen LogP contribution is -2.00. The van der Waals surface area contributed by atoms with Crippen molar-refractivity contribution in [2.24, 2.45) is 0 Å². The zero-order valence-electron chi connectivity index (χ0n) is 11.2. The lowest BCUT2D eigenvalue weighted by atomic mass is 10.1. The Morgan fingerprint density at radius 3 is 2.80 bits per heavy atom. The molecule has 2 aromatic rings. The Morgan fingerprint density at radius 2 is 2.05 bits per heavy atom. The minimum Gasteiger partial charge on any atom is -0.384 e. The average Bonchev–Trinajstić information content (AvgIpc) is 2.45. The second kappa shape index (κ2) is 7.09. The molecular formula is C16H15BrN2O. The molecule has 0 saturated carbocycles. The molecule has 0 aliphatic rings. The molecule has 0 fully saturated rings. The molecule has 2 aromatic carbocycles. The number of nitrogens with one attached hydrogen (secondary N) is 1. The van der Waals surface area contributed by atoms with E-state index in [1.54, 1.807) is 13.2 Å². The van der Waals surface area contributed by atoms with Crippen LogP contribution < -0.4 is 5.32 Å². The number of rotatable bonds is 5. The highest BCUT2D eigenvalue weighted by Gasteiger charge is 2.04. The van der Waals surface area contributed by atoms with Gasteiger partial charge in [-0.15, -0.1) is 0 Å². The lowest BCUT2D eigenvalue weighted by molar-refractivity contribution is 0.202. The van der Waals surface area contributed by atoms with Gasteiger partial charge >= 0.3 is 0 Å². The van der Waals surface area contributed by atoms with Crippen LogP contribution in [0, 0.1) is 11.3 Å². The maximum atomic E-state index is 9.01. The molecule has 0 aromatic heterocycles. The Morgan fingerprint density at radius 1 is 1.25 bits per heavy atom. The van der Waals surface area contributed by atoms with Crippen LogP contribution in [0.1, 0.15) is 11.1 Å². The van der Waals surface area contributed by atoms with Gasteiger partial charge in [0.15, 0.2) is 0 Å². The predicted molar refractivity (Wildman–Crippen MR) is 84.2 cm³/mol. The Bertz CT molecular complexity index is 635. The molecule has 102 valence electrons. The second-order valence-electron chi connectivity index (χ2n) is 4.37. The summed E-state index contributed by atoms with van der Waals surface area (Å²) in [6, 6.07) is 15.8. The largest absolute Gasteiger partial charge is 0.384 e. The second-order valence-corrected chi connectivity index (χ2v) is 5.28. The average molecular weight is 331 g/mol. The topological polar surface area (TPSA) is 45.0 Å². The molecule has 1 N–H and O–H groups in total. The van der Waals surface area contributed by atoms with Gasteiger partial charge in [0.05, 0.1) is 18.2 Å². The van der Waals surface area contributed by atoms with E-state index in [0.29, 0.717) is 12.2 Å². The van der Waals surface area contributed by atoms with Crippen LogP contribution >= 0.6 is 15.9 Å². The van der Waals surface area contributed by atoms with Crippen molar-refractivity contribution in [2.45, 2.75) is 6.42 Å². The van der Waals surface area contributed by atoms with Crippen molar-refractivity contribution >= 4 is 27.3 Å². The molecule has 2 rings (SSSR count). The molecular weight excluding hydrogens is 316 g/mol. The van der Waals surface area contributed by atoms with E-state index < -0.39 is 0 Å². The third-order valence-corrected chi connectivity index (χ3v) is 3.36. The number of nitrogens with zero attached hydrogens (tertiary/aromatic N) is 1. The van der Waals surface area contributed by atoms with E-state index in [-0.39, 0.29) is 0 Å². The first kappa shape index (κ1) is 14.6. The minimum absolute atomic E-state index is 0.622. The van der Waals surface area contributed by atoms with E-state index in [4.69, 9.17) is 10.00 Å². The number of benzene rings is 2. The van der Waals surface area contributed by atoms with Gasteiger partial charge in [-0.2, -0.15) is 5.26 Å². The minimum atomic E-state index is 0.622. The number of para-hydroxylation sites is 1. The molecule has 4 heteroatoms. The smallest absolute Gasteiger partial charge is 0.0992 e. The van der Waals surface area contributed by atoms with Crippen molar-refractivity contribution in [3.05, 3.63) is 58.1 Å². The van der Waals surface area contributed by atoms with Crippen molar-refractivity contribution in [3.8, 4) is 6.07 Å². The molecule has 0 atom stereocenters. The summed E-state index contributed by atoms with van der Waals surface area (Å²) in [6.45, 7) is 0.681. The highest BCUT2D eigenvalue weighted by Crippen LogP contribution is 2.25. The summed E-state index contributed by atoms with van der Waals surface area (Å²) in [5.41, 5.74) is 3.73. The summed E-state index contributed by atoms with van der Waals surface area (Å²) in [5, 5.41) is 12.4.